The molecule has 2 N–H and O–H groups in total. The van der Waals surface area contributed by atoms with Gasteiger partial charge in [-0.1, -0.05) is 0 Å². The number of hydrogen-bond donors (Lipinski definition) is 1. The molecule has 0 saturated carbocycles. The van der Waals surface area contributed by atoms with Crippen LogP contribution in [0.4, 0.5) is 0 Å². The Morgan fingerprint density at radius 1 is 0.944 bits per heavy atom. The first-order valence-electron chi connectivity index (χ1n) is 5.35. The van der Waals surface area contributed by atoms with Crippen molar-refractivity contribution in [3.63, 3.8) is 0 Å². The molecule has 0 radical (unpaired) electrons. The normalized spacial score (nSPS) is 11.4. The quantitative estimate of drug-likeness (QED) is 0.848. The number of benzene rings is 2. The predicted molar refractivity (Wildman–Crippen MR) is 73.3 cm³/mol. The third kappa shape index (κ3) is 3.68. The SMILES string of the molecule is NS(=O)(=O)c1ccc([Se]Cc2ccccc2)cc1. The van der Waals surface area contributed by atoms with Crippen molar-refractivity contribution in [1.29, 1.82) is 0 Å². The molecule has 0 aromatic heterocycles. The maximum absolute atomic E-state index is 11.1. The van der Waals surface area contributed by atoms with Crippen LogP contribution < -0.4 is 9.60 Å². The molecule has 0 heterocycles. The van der Waals surface area contributed by atoms with Crippen molar-refractivity contribution in [2.75, 3.05) is 0 Å². The molecule has 0 atom stereocenters. The van der Waals surface area contributed by atoms with Gasteiger partial charge in [-0.25, -0.2) is 0 Å². The van der Waals surface area contributed by atoms with E-state index >= 15 is 0 Å². The van der Waals surface area contributed by atoms with Crippen LogP contribution in [0.5, 0.6) is 0 Å². The van der Waals surface area contributed by atoms with Crippen LogP contribution >= 0.6 is 0 Å². The van der Waals surface area contributed by atoms with Gasteiger partial charge in [0.25, 0.3) is 0 Å². The Hall–Kier alpha value is -1.13. The molecule has 0 unspecified atom stereocenters. The van der Waals surface area contributed by atoms with E-state index in [0.717, 1.165) is 5.32 Å². The second-order valence-corrected chi connectivity index (χ2v) is 7.55. The fourth-order valence-corrected chi connectivity index (χ4v) is 3.77. The van der Waals surface area contributed by atoms with E-state index in [1.54, 1.807) is 12.1 Å². The third-order valence-corrected chi connectivity index (χ3v) is 5.60. The average molecular weight is 326 g/mol. The summed E-state index contributed by atoms with van der Waals surface area (Å²) in [5.74, 6) is 0. The standard InChI is InChI=1S/C13H13NO2SSe/c14-17(15,16)12-6-8-13(9-7-12)18-10-11-4-2-1-3-5-11/h1-9H,10H2,(H2,14,15,16). The van der Waals surface area contributed by atoms with Crippen LogP contribution in [0.3, 0.4) is 0 Å². The zero-order chi connectivity index (χ0) is 13.0. The fourth-order valence-electron chi connectivity index (χ4n) is 1.47. The zero-order valence-corrected chi connectivity index (χ0v) is 12.1. The summed E-state index contributed by atoms with van der Waals surface area (Å²) in [6, 6.07) is 17.0. The molecule has 0 aliphatic carbocycles. The Balaban J connectivity index is 2.03. The van der Waals surface area contributed by atoms with Crippen molar-refractivity contribution in [2.24, 2.45) is 5.14 Å². The molecule has 0 aliphatic heterocycles. The Labute approximate surface area is 113 Å². The van der Waals surface area contributed by atoms with E-state index in [9.17, 15) is 8.42 Å². The van der Waals surface area contributed by atoms with Gasteiger partial charge in [-0.15, -0.1) is 0 Å². The van der Waals surface area contributed by atoms with Gasteiger partial charge in [-0.05, 0) is 0 Å². The molecule has 18 heavy (non-hydrogen) atoms. The van der Waals surface area contributed by atoms with Gasteiger partial charge in [0, 0.05) is 0 Å². The van der Waals surface area contributed by atoms with Crippen LogP contribution in [0.25, 0.3) is 0 Å². The first-order chi connectivity index (χ1) is 8.55. The van der Waals surface area contributed by atoms with Crippen molar-refractivity contribution < 1.29 is 8.42 Å². The molecule has 2 rings (SSSR count). The van der Waals surface area contributed by atoms with Crippen LogP contribution in [0.2, 0.25) is 0 Å². The van der Waals surface area contributed by atoms with Gasteiger partial charge >= 0.3 is 113 Å². The molecule has 3 nitrogen and oxygen atoms in total. The first kappa shape index (κ1) is 13.3. The number of hydrogen-bond acceptors (Lipinski definition) is 2. The number of primary sulfonamides is 1. The van der Waals surface area contributed by atoms with Crippen molar-refractivity contribution in [3.05, 3.63) is 60.2 Å². The molecule has 0 spiro atoms. The summed E-state index contributed by atoms with van der Waals surface area (Å²) in [7, 11) is -3.58. The van der Waals surface area contributed by atoms with Crippen LogP contribution in [0.15, 0.2) is 59.5 Å². The molecule has 2 aromatic rings. The van der Waals surface area contributed by atoms with E-state index in [-0.39, 0.29) is 4.90 Å². The summed E-state index contributed by atoms with van der Waals surface area (Å²) in [4.78, 5) is 0.168. The first-order valence-corrected chi connectivity index (χ1v) is 8.97. The minimum atomic E-state index is -3.58. The van der Waals surface area contributed by atoms with Crippen molar-refractivity contribution >= 4 is 29.4 Å². The van der Waals surface area contributed by atoms with Gasteiger partial charge in [0.05, 0.1) is 0 Å². The Bertz CT molecular complexity index is 609. The van der Waals surface area contributed by atoms with Crippen molar-refractivity contribution in [1.82, 2.24) is 0 Å². The molecule has 0 saturated heterocycles. The number of nitrogens with two attached hydrogens (primary N) is 1. The van der Waals surface area contributed by atoms with Gasteiger partial charge in [-0.3, -0.25) is 0 Å². The molecule has 0 bridgehead atoms. The summed E-state index contributed by atoms with van der Waals surface area (Å²) in [5, 5.41) is 6.05. The summed E-state index contributed by atoms with van der Waals surface area (Å²) in [6.45, 7) is 0. The molecule has 2 aromatic carbocycles. The molecular formula is C13H13NO2SSe. The van der Waals surface area contributed by atoms with Crippen LogP contribution in [-0.2, 0) is 15.3 Å². The topological polar surface area (TPSA) is 60.2 Å². The van der Waals surface area contributed by atoms with Crippen molar-refractivity contribution in [2.45, 2.75) is 10.2 Å². The summed E-state index contributed by atoms with van der Waals surface area (Å²) in [6.07, 6.45) is 0. The zero-order valence-electron chi connectivity index (χ0n) is 9.61. The van der Waals surface area contributed by atoms with Gasteiger partial charge in [0.15, 0.2) is 0 Å². The second-order valence-electron chi connectivity index (χ2n) is 3.79. The van der Waals surface area contributed by atoms with Crippen molar-refractivity contribution in [3.8, 4) is 0 Å². The van der Waals surface area contributed by atoms with E-state index in [1.807, 2.05) is 30.3 Å². The molecule has 94 valence electrons. The fraction of sp³-hybridized carbons (Fsp3) is 0.0769. The Morgan fingerprint density at radius 3 is 2.11 bits per heavy atom. The van der Waals surface area contributed by atoms with E-state index in [0.29, 0.717) is 15.0 Å². The van der Waals surface area contributed by atoms with Gasteiger partial charge in [0.1, 0.15) is 0 Å². The summed E-state index contributed by atoms with van der Waals surface area (Å²) in [5.41, 5.74) is 1.30. The summed E-state index contributed by atoms with van der Waals surface area (Å²) >= 11 is 0.304. The Morgan fingerprint density at radius 2 is 1.56 bits per heavy atom. The second kappa shape index (κ2) is 5.67. The van der Waals surface area contributed by atoms with E-state index < -0.39 is 10.0 Å². The predicted octanol–water partition coefficient (Wildman–Crippen LogP) is 0.864. The molecule has 0 fully saturated rings. The van der Waals surface area contributed by atoms with Gasteiger partial charge < -0.3 is 0 Å². The van der Waals surface area contributed by atoms with Crippen LogP contribution in [0.1, 0.15) is 5.56 Å². The van der Waals surface area contributed by atoms with Crippen LogP contribution in [0, 0.1) is 0 Å². The van der Waals surface area contributed by atoms with E-state index in [4.69, 9.17) is 5.14 Å². The monoisotopic (exact) mass is 327 g/mol. The van der Waals surface area contributed by atoms with E-state index in [2.05, 4.69) is 12.1 Å². The third-order valence-electron chi connectivity index (χ3n) is 2.40. The number of rotatable bonds is 4. The van der Waals surface area contributed by atoms with E-state index in [1.165, 1.54) is 10.0 Å². The number of sulfonamides is 1. The maximum atomic E-state index is 11.1. The van der Waals surface area contributed by atoms with Gasteiger partial charge in [0.2, 0.25) is 0 Å². The van der Waals surface area contributed by atoms with Gasteiger partial charge in [-0.2, -0.15) is 0 Å². The molecule has 0 amide bonds. The summed E-state index contributed by atoms with van der Waals surface area (Å²) < 4.78 is 23.4. The minimum absolute atomic E-state index is 0.168. The molecule has 0 aliphatic rings. The Kier molecular flexibility index (Phi) is 4.19. The molecular weight excluding hydrogens is 313 g/mol. The average Bonchev–Trinajstić information content (AvgIpc) is 2.37. The molecule has 5 heteroatoms. The van der Waals surface area contributed by atoms with Crippen LogP contribution in [-0.4, -0.2) is 23.4 Å².